The molecular weight excluding hydrogens is 182 g/mol. The molecule has 2 saturated carbocycles. The highest BCUT2D eigenvalue weighted by atomic mass is 14.9. The number of hydrogen-bond donors (Lipinski definition) is 1. The molecule has 0 aromatic carbocycles. The summed E-state index contributed by atoms with van der Waals surface area (Å²) in [5.41, 5.74) is 0. The standard InChI is InChI=1S/C14H27N/c1-11(2)9-15-10-13-7-8-14(13)12-5-3-4-6-12/h11-15H,3-10H2,1-2H3. The van der Waals surface area contributed by atoms with Crippen molar-refractivity contribution in [3.05, 3.63) is 0 Å². The van der Waals surface area contributed by atoms with Crippen LogP contribution in [-0.4, -0.2) is 13.1 Å². The molecule has 0 aliphatic heterocycles. The van der Waals surface area contributed by atoms with E-state index in [9.17, 15) is 0 Å². The summed E-state index contributed by atoms with van der Waals surface area (Å²) in [6, 6.07) is 0. The second kappa shape index (κ2) is 5.34. The average Bonchev–Trinajstić information content (AvgIpc) is 2.63. The Bertz CT molecular complexity index is 182. The molecule has 0 heterocycles. The monoisotopic (exact) mass is 209 g/mol. The van der Waals surface area contributed by atoms with Crippen molar-refractivity contribution in [1.29, 1.82) is 0 Å². The van der Waals surface area contributed by atoms with E-state index in [1.165, 1.54) is 51.6 Å². The van der Waals surface area contributed by atoms with Crippen LogP contribution in [0.15, 0.2) is 0 Å². The van der Waals surface area contributed by atoms with E-state index in [2.05, 4.69) is 19.2 Å². The summed E-state index contributed by atoms with van der Waals surface area (Å²) in [6.45, 7) is 7.08. The van der Waals surface area contributed by atoms with Crippen molar-refractivity contribution >= 4 is 0 Å². The fraction of sp³-hybridized carbons (Fsp3) is 1.00. The van der Waals surface area contributed by atoms with E-state index in [-0.39, 0.29) is 0 Å². The second-order valence-corrected chi connectivity index (χ2v) is 6.10. The SMILES string of the molecule is CC(C)CNCC1CCC1C1CCCC1. The summed E-state index contributed by atoms with van der Waals surface area (Å²) >= 11 is 0. The zero-order valence-corrected chi connectivity index (χ0v) is 10.5. The Morgan fingerprint density at radius 1 is 1.07 bits per heavy atom. The Morgan fingerprint density at radius 2 is 1.80 bits per heavy atom. The highest BCUT2D eigenvalue weighted by Crippen LogP contribution is 2.45. The van der Waals surface area contributed by atoms with Crippen molar-refractivity contribution in [1.82, 2.24) is 5.32 Å². The topological polar surface area (TPSA) is 12.0 Å². The summed E-state index contributed by atoms with van der Waals surface area (Å²) in [7, 11) is 0. The maximum absolute atomic E-state index is 3.64. The van der Waals surface area contributed by atoms with Gasteiger partial charge in [-0.1, -0.05) is 39.5 Å². The molecule has 0 aromatic rings. The molecule has 2 atom stereocenters. The van der Waals surface area contributed by atoms with E-state index < -0.39 is 0 Å². The second-order valence-electron chi connectivity index (χ2n) is 6.10. The van der Waals surface area contributed by atoms with E-state index in [1.54, 1.807) is 0 Å². The molecule has 0 amide bonds. The van der Waals surface area contributed by atoms with Crippen LogP contribution in [0.4, 0.5) is 0 Å². The van der Waals surface area contributed by atoms with Gasteiger partial charge in [0.25, 0.3) is 0 Å². The van der Waals surface area contributed by atoms with Crippen LogP contribution in [0, 0.1) is 23.7 Å². The third-order valence-corrected chi connectivity index (χ3v) is 4.44. The molecule has 2 rings (SSSR count). The summed E-state index contributed by atoms with van der Waals surface area (Å²) in [4.78, 5) is 0. The molecule has 0 aromatic heterocycles. The molecule has 1 heteroatoms. The van der Waals surface area contributed by atoms with Crippen molar-refractivity contribution < 1.29 is 0 Å². The zero-order valence-electron chi connectivity index (χ0n) is 10.5. The van der Waals surface area contributed by atoms with Gasteiger partial charge in [0.2, 0.25) is 0 Å². The quantitative estimate of drug-likeness (QED) is 0.731. The van der Waals surface area contributed by atoms with Crippen LogP contribution in [0.2, 0.25) is 0 Å². The van der Waals surface area contributed by atoms with E-state index in [4.69, 9.17) is 0 Å². The lowest BCUT2D eigenvalue weighted by molar-refractivity contribution is 0.104. The molecule has 88 valence electrons. The van der Waals surface area contributed by atoms with Gasteiger partial charge in [-0.3, -0.25) is 0 Å². The van der Waals surface area contributed by atoms with Gasteiger partial charge >= 0.3 is 0 Å². The van der Waals surface area contributed by atoms with Crippen LogP contribution in [0.25, 0.3) is 0 Å². The lowest BCUT2D eigenvalue weighted by atomic mass is 9.66. The number of rotatable bonds is 5. The van der Waals surface area contributed by atoms with Crippen molar-refractivity contribution in [3.63, 3.8) is 0 Å². The van der Waals surface area contributed by atoms with Crippen LogP contribution >= 0.6 is 0 Å². The molecule has 0 saturated heterocycles. The van der Waals surface area contributed by atoms with Gasteiger partial charge in [0.15, 0.2) is 0 Å². The maximum atomic E-state index is 3.64. The lowest BCUT2D eigenvalue weighted by Gasteiger charge is -2.41. The summed E-state index contributed by atoms with van der Waals surface area (Å²) < 4.78 is 0. The molecule has 2 fully saturated rings. The third kappa shape index (κ3) is 2.96. The van der Waals surface area contributed by atoms with Crippen molar-refractivity contribution in [2.24, 2.45) is 23.7 Å². The summed E-state index contributed by atoms with van der Waals surface area (Å²) in [5.74, 6) is 4.01. The van der Waals surface area contributed by atoms with Crippen LogP contribution < -0.4 is 5.32 Å². The molecular formula is C14H27N. The first-order valence-corrected chi connectivity index (χ1v) is 6.98. The number of nitrogens with one attached hydrogen (secondary N) is 1. The fourth-order valence-electron chi connectivity index (χ4n) is 3.41. The minimum absolute atomic E-state index is 0.801. The van der Waals surface area contributed by atoms with Gasteiger partial charge in [-0.25, -0.2) is 0 Å². The minimum Gasteiger partial charge on any atom is -0.316 e. The molecule has 1 N–H and O–H groups in total. The van der Waals surface area contributed by atoms with Crippen molar-refractivity contribution in [2.45, 2.75) is 52.4 Å². The first-order chi connectivity index (χ1) is 7.27. The van der Waals surface area contributed by atoms with Gasteiger partial charge in [-0.05, 0) is 49.6 Å². The van der Waals surface area contributed by atoms with Crippen LogP contribution in [0.3, 0.4) is 0 Å². The highest BCUT2D eigenvalue weighted by Gasteiger charge is 2.37. The van der Waals surface area contributed by atoms with Gasteiger partial charge in [0, 0.05) is 0 Å². The van der Waals surface area contributed by atoms with Crippen molar-refractivity contribution in [3.8, 4) is 0 Å². The van der Waals surface area contributed by atoms with Gasteiger partial charge in [0.1, 0.15) is 0 Å². The smallest absolute Gasteiger partial charge is 0.00177 e. The van der Waals surface area contributed by atoms with Crippen LogP contribution in [-0.2, 0) is 0 Å². The minimum atomic E-state index is 0.801. The molecule has 2 aliphatic rings. The summed E-state index contributed by atoms with van der Waals surface area (Å²) in [5, 5.41) is 3.64. The normalized spacial score (nSPS) is 32.2. The molecule has 0 radical (unpaired) electrons. The first-order valence-electron chi connectivity index (χ1n) is 6.98. The third-order valence-electron chi connectivity index (χ3n) is 4.44. The first kappa shape index (κ1) is 11.4. The van der Waals surface area contributed by atoms with Gasteiger partial charge < -0.3 is 5.32 Å². The Labute approximate surface area is 95.0 Å². The van der Waals surface area contributed by atoms with E-state index in [0.717, 1.165) is 23.7 Å². The summed E-state index contributed by atoms with van der Waals surface area (Å²) in [6.07, 6.45) is 9.10. The zero-order chi connectivity index (χ0) is 10.7. The molecule has 0 bridgehead atoms. The Balaban J connectivity index is 1.65. The van der Waals surface area contributed by atoms with Gasteiger partial charge in [0.05, 0.1) is 0 Å². The largest absolute Gasteiger partial charge is 0.316 e. The number of hydrogen-bond acceptors (Lipinski definition) is 1. The van der Waals surface area contributed by atoms with E-state index in [1.807, 2.05) is 0 Å². The van der Waals surface area contributed by atoms with Gasteiger partial charge in [-0.15, -0.1) is 0 Å². The molecule has 2 unspecified atom stereocenters. The molecule has 0 spiro atoms. The lowest BCUT2D eigenvalue weighted by Crippen LogP contribution is -2.39. The predicted molar refractivity (Wildman–Crippen MR) is 65.9 cm³/mol. The predicted octanol–water partition coefficient (Wildman–Crippen LogP) is 3.45. The molecule has 15 heavy (non-hydrogen) atoms. The Morgan fingerprint density at radius 3 is 2.33 bits per heavy atom. The molecule has 2 aliphatic carbocycles. The van der Waals surface area contributed by atoms with Crippen LogP contribution in [0.1, 0.15) is 52.4 Å². The fourth-order valence-corrected chi connectivity index (χ4v) is 3.41. The van der Waals surface area contributed by atoms with Gasteiger partial charge in [-0.2, -0.15) is 0 Å². The maximum Gasteiger partial charge on any atom is -0.00177 e. The Kier molecular flexibility index (Phi) is 4.07. The highest BCUT2D eigenvalue weighted by molar-refractivity contribution is 4.88. The average molecular weight is 209 g/mol. The Hall–Kier alpha value is -0.0400. The van der Waals surface area contributed by atoms with Crippen molar-refractivity contribution in [2.75, 3.05) is 13.1 Å². The van der Waals surface area contributed by atoms with E-state index >= 15 is 0 Å². The van der Waals surface area contributed by atoms with E-state index in [0.29, 0.717) is 0 Å². The molecule has 1 nitrogen and oxygen atoms in total. The van der Waals surface area contributed by atoms with Crippen LogP contribution in [0.5, 0.6) is 0 Å².